The zero-order chi connectivity index (χ0) is 21.6. The Balaban J connectivity index is 1.47. The number of pyridine rings is 1. The number of benzene rings is 1. The molecular formula is C22H26N4O5. The smallest absolute Gasteiger partial charge is 0.244 e. The summed E-state index contributed by atoms with van der Waals surface area (Å²) in [5.41, 5.74) is 1.41. The molecule has 1 fully saturated rings. The molecule has 4 rings (SSSR count). The van der Waals surface area contributed by atoms with Crippen LogP contribution in [-0.2, 0) is 11.3 Å². The minimum Gasteiger partial charge on any atom is -0.507 e. The average Bonchev–Trinajstić information content (AvgIpc) is 3.45. The second kappa shape index (κ2) is 9.76. The lowest BCUT2D eigenvalue weighted by molar-refractivity contribution is 0.146. The molecule has 1 N–H and O–H groups in total. The molecule has 3 heterocycles. The van der Waals surface area contributed by atoms with E-state index in [1.165, 1.54) is 0 Å². The summed E-state index contributed by atoms with van der Waals surface area (Å²) in [5, 5.41) is 14.4. The quantitative estimate of drug-likeness (QED) is 0.517. The number of phenols is 1. The van der Waals surface area contributed by atoms with Crippen LogP contribution in [0, 0.1) is 0 Å². The van der Waals surface area contributed by atoms with Gasteiger partial charge < -0.3 is 23.8 Å². The van der Waals surface area contributed by atoms with E-state index in [4.69, 9.17) is 18.7 Å². The molecule has 1 aliphatic heterocycles. The molecular weight excluding hydrogens is 400 g/mol. The molecule has 1 atom stereocenters. The van der Waals surface area contributed by atoms with Crippen molar-refractivity contribution in [3.8, 4) is 28.8 Å². The Morgan fingerprint density at radius 1 is 1.16 bits per heavy atom. The SMILES string of the molecule is COCCOc1ccnc(-c2noc(C3CCCN3Cc3ccc(OC)cc3O)n2)c1. The van der Waals surface area contributed by atoms with Crippen molar-refractivity contribution < 1.29 is 23.8 Å². The minimum atomic E-state index is -0.0103. The Morgan fingerprint density at radius 3 is 2.87 bits per heavy atom. The van der Waals surface area contributed by atoms with Crippen LogP contribution in [0.25, 0.3) is 11.5 Å². The van der Waals surface area contributed by atoms with E-state index in [-0.39, 0.29) is 11.8 Å². The van der Waals surface area contributed by atoms with E-state index in [1.54, 1.807) is 38.6 Å². The standard InChI is InChI=1S/C22H26N4O5/c1-28-10-11-30-17-7-8-23-18(12-17)21-24-22(31-25-21)19-4-3-9-26(19)14-15-5-6-16(29-2)13-20(15)27/h5-8,12-13,19,27H,3-4,9-11,14H2,1-2H3. The molecule has 2 aromatic heterocycles. The number of rotatable bonds is 9. The number of hydrogen-bond acceptors (Lipinski definition) is 9. The van der Waals surface area contributed by atoms with Crippen molar-refractivity contribution in [1.29, 1.82) is 0 Å². The van der Waals surface area contributed by atoms with Crippen LogP contribution in [0.3, 0.4) is 0 Å². The highest BCUT2D eigenvalue weighted by atomic mass is 16.5. The maximum absolute atomic E-state index is 10.3. The van der Waals surface area contributed by atoms with Gasteiger partial charge in [-0.25, -0.2) is 0 Å². The first-order valence-electron chi connectivity index (χ1n) is 10.2. The van der Waals surface area contributed by atoms with Gasteiger partial charge in [-0.15, -0.1) is 0 Å². The van der Waals surface area contributed by atoms with Crippen LogP contribution in [-0.4, -0.2) is 59.1 Å². The van der Waals surface area contributed by atoms with E-state index < -0.39 is 0 Å². The first kappa shape index (κ1) is 21.1. The Bertz CT molecular complexity index is 1010. The fourth-order valence-corrected chi connectivity index (χ4v) is 3.66. The summed E-state index contributed by atoms with van der Waals surface area (Å²) in [4.78, 5) is 11.2. The molecule has 164 valence electrons. The van der Waals surface area contributed by atoms with Gasteiger partial charge in [0, 0.05) is 37.5 Å². The molecule has 9 heteroatoms. The topological polar surface area (TPSA) is 103 Å². The Kier molecular flexibility index (Phi) is 6.63. The van der Waals surface area contributed by atoms with Gasteiger partial charge in [-0.1, -0.05) is 11.2 Å². The second-order valence-corrected chi connectivity index (χ2v) is 7.30. The Hall–Kier alpha value is -3.17. The van der Waals surface area contributed by atoms with Gasteiger partial charge in [-0.2, -0.15) is 4.98 Å². The van der Waals surface area contributed by atoms with E-state index >= 15 is 0 Å². The van der Waals surface area contributed by atoms with Crippen molar-refractivity contribution in [2.75, 3.05) is 34.0 Å². The molecule has 1 aromatic carbocycles. The van der Waals surface area contributed by atoms with Crippen molar-refractivity contribution in [1.82, 2.24) is 20.0 Å². The Morgan fingerprint density at radius 2 is 2.06 bits per heavy atom. The van der Waals surface area contributed by atoms with Gasteiger partial charge in [0.2, 0.25) is 11.7 Å². The molecule has 1 unspecified atom stereocenters. The van der Waals surface area contributed by atoms with Gasteiger partial charge in [0.15, 0.2) is 0 Å². The summed E-state index contributed by atoms with van der Waals surface area (Å²) in [7, 11) is 3.21. The summed E-state index contributed by atoms with van der Waals surface area (Å²) in [6.07, 6.45) is 3.58. The fraction of sp³-hybridized carbons (Fsp3) is 0.409. The van der Waals surface area contributed by atoms with Gasteiger partial charge in [0.1, 0.15) is 29.5 Å². The molecule has 0 aliphatic carbocycles. The summed E-state index contributed by atoms with van der Waals surface area (Å²) >= 11 is 0. The molecule has 1 aliphatic rings. The highest BCUT2D eigenvalue weighted by molar-refractivity contribution is 5.51. The average molecular weight is 426 g/mol. The number of aromatic hydroxyl groups is 1. The van der Waals surface area contributed by atoms with Gasteiger partial charge in [0.05, 0.1) is 19.8 Å². The van der Waals surface area contributed by atoms with Crippen molar-refractivity contribution in [3.05, 3.63) is 48.0 Å². The lowest BCUT2D eigenvalue weighted by Gasteiger charge is -2.22. The van der Waals surface area contributed by atoms with Crippen molar-refractivity contribution in [2.24, 2.45) is 0 Å². The van der Waals surface area contributed by atoms with E-state index in [1.807, 2.05) is 12.1 Å². The highest BCUT2D eigenvalue weighted by Gasteiger charge is 2.31. The van der Waals surface area contributed by atoms with E-state index in [9.17, 15) is 5.11 Å². The van der Waals surface area contributed by atoms with Crippen LogP contribution < -0.4 is 9.47 Å². The molecule has 0 amide bonds. The largest absolute Gasteiger partial charge is 0.507 e. The molecule has 0 bridgehead atoms. The van der Waals surface area contributed by atoms with Gasteiger partial charge in [0.25, 0.3) is 0 Å². The Labute approximate surface area is 180 Å². The lowest BCUT2D eigenvalue weighted by Crippen LogP contribution is -2.23. The maximum Gasteiger partial charge on any atom is 0.244 e. The van der Waals surface area contributed by atoms with E-state index in [2.05, 4.69) is 20.0 Å². The van der Waals surface area contributed by atoms with Crippen LogP contribution in [0.4, 0.5) is 0 Å². The highest BCUT2D eigenvalue weighted by Crippen LogP contribution is 2.35. The predicted octanol–water partition coefficient (Wildman–Crippen LogP) is 3.21. The van der Waals surface area contributed by atoms with Crippen molar-refractivity contribution in [2.45, 2.75) is 25.4 Å². The minimum absolute atomic E-state index is 0.0103. The summed E-state index contributed by atoms with van der Waals surface area (Å²) in [6, 6.07) is 8.90. The summed E-state index contributed by atoms with van der Waals surface area (Å²) in [6.45, 7) is 2.42. The third-order valence-corrected chi connectivity index (χ3v) is 5.27. The summed E-state index contributed by atoms with van der Waals surface area (Å²) in [5.74, 6) is 2.48. The van der Waals surface area contributed by atoms with Crippen molar-refractivity contribution >= 4 is 0 Å². The molecule has 31 heavy (non-hydrogen) atoms. The number of likely N-dealkylation sites (tertiary alicyclic amines) is 1. The summed E-state index contributed by atoms with van der Waals surface area (Å²) < 4.78 is 21.4. The lowest BCUT2D eigenvalue weighted by atomic mass is 10.1. The van der Waals surface area contributed by atoms with Gasteiger partial charge >= 0.3 is 0 Å². The van der Waals surface area contributed by atoms with Gasteiger partial charge in [-0.3, -0.25) is 9.88 Å². The number of nitrogens with zero attached hydrogens (tertiary/aromatic N) is 4. The van der Waals surface area contributed by atoms with Gasteiger partial charge in [-0.05, 0) is 31.5 Å². The predicted molar refractivity (Wildman–Crippen MR) is 112 cm³/mol. The monoisotopic (exact) mass is 426 g/mol. The number of hydrogen-bond donors (Lipinski definition) is 1. The fourth-order valence-electron chi connectivity index (χ4n) is 3.66. The first-order chi connectivity index (χ1) is 15.2. The van der Waals surface area contributed by atoms with E-state index in [0.29, 0.717) is 48.7 Å². The normalized spacial score (nSPS) is 16.5. The zero-order valence-electron chi connectivity index (χ0n) is 17.7. The number of phenolic OH excluding ortho intramolecular Hbond substituents is 1. The molecule has 9 nitrogen and oxygen atoms in total. The molecule has 0 saturated carbocycles. The maximum atomic E-state index is 10.3. The number of aromatic nitrogens is 3. The van der Waals surface area contributed by atoms with Crippen LogP contribution in [0.5, 0.6) is 17.2 Å². The van der Waals surface area contributed by atoms with Crippen LogP contribution in [0.15, 0.2) is 41.1 Å². The third-order valence-electron chi connectivity index (χ3n) is 5.27. The molecule has 0 spiro atoms. The van der Waals surface area contributed by atoms with Crippen LogP contribution in [0.2, 0.25) is 0 Å². The molecule has 0 radical (unpaired) electrons. The van der Waals surface area contributed by atoms with Crippen LogP contribution >= 0.6 is 0 Å². The van der Waals surface area contributed by atoms with Crippen LogP contribution in [0.1, 0.15) is 30.3 Å². The third kappa shape index (κ3) is 4.95. The zero-order valence-corrected chi connectivity index (χ0v) is 17.7. The number of ether oxygens (including phenoxy) is 3. The van der Waals surface area contributed by atoms with Crippen molar-refractivity contribution in [3.63, 3.8) is 0 Å². The molecule has 1 saturated heterocycles. The number of methoxy groups -OCH3 is 2. The second-order valence-electron chi connectivity index (χ2n) is 7.30. The molecule has 3 aromatic rings. The van der Waals surface area contributed by atoms with E-state index in [0.717, 1.165) is 24.9 Å². The first-order valence-corrected chi connectivity index (χ1v) is 10.2.